The zero-order valence-corrected chi connectivity index (χ0v) is 12.0. The summed E-state index contributed by atoms with van der Waals surface area (Å²) in [5, 5.41) is 9.84. The topological polar surface area (TPSA) is 45.8 Å². The third-order valence-electron chi connectivity index (χ3n) is 2.79. The van der Waals surface area contributed by atoms with E-state index in [0.29, 0.717) is 16.6 Å². The number of rotatable bonds is 1. The van der Waals surface area contributed by atoms with E-state index >= 15 is 0 Å². The van der Waals surface area contributed by atoms with Gasteiger partial charge in [-0.3, -0.25) is 4.79 Å². The summed E-state index contributed by atoms with van der Waals surface area (Å²) in [6.07, 6.45) is 0. The van der Waals surface area contributed by atoms with Gasteiger partial charge in [-0.1, -0.05) is 39.6 Å². The standard InChI is InChI=1S/C14H7BrN2OS/c15-10-6-5-9(8-16)12(7-10)17-14(18)11-3-1-2-4-13(11)19-17/h1-7H. The van der Waals surface area contributed by atoms with Gasteiger partial charge < -0.3 is 0 Å². The Hall–Kier alpha value is -1.90. The van der Waals surface area contributed by atoms with Gasteiger partial charge >= 0.3 is 0 Å². The van der Waals surface area contributed by atoms with Crippen molar-refractivity contribution in [2.45, 2.75) is 0 Å². The normalized spacial score (nSPS) is 10.5. The van der Waals surface area contributed by atoms with Gasteiger partial charge in [-0.25, -0.2) is 3.96 Å². The Bertz CT molecular complexity index is 873. The van der Waals surface area contributed by atoms with E-state index in [4.69, 9.17) is 5.26 Å². The first-order valence-corrected chi connectivity index (χ1v) is 7.08. The molecule has 5 heteroatoms. The van der Waals surface area contributed by atoms with Crippen molar-refractivity contribution in [3.05, 3.63) is 62.9 Å². The second-order valence-corrected chi connectivity index (χ2v) is 5.86. The highest BCUT2D eigenvalue weighted by Gasteiger charge is 2.12. The van der Waals surface area contributed by atoms with Crippen molar-refractivity contribution in [2.75, 3.05) is 0 Å². The molecule has 0 atom stereocenters. The van der Waals surface area contributed by atoms with Crippen LogP contribution in [0, 0.1) is 11.3 Å². The smallest absolute Gasteiger partial charge is 0.267 e. The molecule has 0 saturated heterocycles. The molecule has 3 rings (SSSR count). The molecule has 0 radical (unpaired) electrons. The average molecular weight is 331 g/mol. The van der Waals surface area contributed by atoms with Crippen molar-refractivity contribution in [1.82, 2.24) is 3.96 Å². The van der Waals surface area contributed by atoms with Crippen LogP contribution < -0.4 is 5.56 Å². The highest BCUT2D eigenvalue weighted by Crippen LogP contribution is 2.24. The van der Waals surface area contributed by atoms with Crippen LogP contribution in [0.15, 0.2) is 51.7 Å². The van der Waals surface area contributed by atoms with Crippen molar-refractivity contribution < 1.29 is 0 Å². The predicted molar refractivity (Wildman–Crippen MR) is 79.8 cm³/mol. The van der Waals surface area contributed by atoms with Crippen LogP contribution in [0.1, 0.15) is 5.56 Å². The fourth-order valence-electron chi connectivity index (χ4n) is 1.90. The van der Waals surface area contributed by atoms with Gasteiger partial charge in [-0.05, 0) is 30.3 Å². The molecule has 92 valence electrons. The monoisotopic (exact) mass is 330 g/mol. The van der Waals surface area contributed by atoms with E-state index in [9.17, 15) is 4.79 Å². The minimum Gasteiger partial charge on any atom is -0.267 e. The molecule has 19 heavy (non-hydrogen) atoms. The first-order chi connectivity index (χ1) is 9.20. The number of hydrogen-bond acceptors (Lipinski definition) is 3. The lowest BCUT2D eigenvalue weighted by molar-refractivity contribution is 1.13. The SMILES string of the molecule is N#Cc1ccc(Br)cc1-n1sc2ccccc2c1=O. The molecule has 2 aromatic carbocycles. The fraction of sp³-hybridized carbons (Fsp3) is 0. The van der Waals surface area contributed by atoms with Crippen molar-refractivity contribution in [3.63, 3.8) is 0 Å². The molecular formula is C14H7BrN2OS. The second kappa shape index (κ2) is 4.65. The highest BCUT2D eigenvalue weighted by atomic mass is 79.9. The molecule has 0 bridgehead atoms. The van der Waals surface area contributed by atoms with Crippen LogP contribution in [0.3, 0.4) is 0 Å². The summed E-state index contributed by atoms with van der Waals surface area (Å²) < 4.78 is 3.32. The lowest BCUT2D eigenvalue weighted by Gasteiger charge is -2.03. The van der Waals surface area contributed by atoms with E-state index < -0.39 is 0 Å². The number of benzene rings is 2. The summed E-state index contributed by atoms with van der Waals surface area (Å²) in [6.45, 7) is 0. The molecule has 3 nitrogen and oxygen atoms in total. The zero-order chi connectivity index (χ0) is 13.4. The first-order valence-electron chi connectivity index (χ1n) is 5.52. The van der Waals surface area contributed by atoms with Gasteiger partial charge in [0.1, 0.15) is 6.07 Å². The molecule has 0 unspecified atom stereocenters. The van der Waals surface area contributed by atoms with Gasteiger partial charge in [0.25, 0.3) is 5.56 Å². The van der Waals surface area contributed by atoms with Crippen LogP contribution in [0.4, 0.5) is 0 Å². The summed E-state index contributed by atoms with van der Waals surface area (Å²) in [5.41, 5.74) is 1.01. The third-order valence-corrected chi connectivity index (χ3v) is 4.38. The molecule has 0 amide bonds. The number of halogens is 1. The molecule has 1 heterocycles. The molecule has 3 aromatic rings. The summed E-state index contributed by atoms with van der Waals surface area (Å²) in [5.74, 6) is 0. The van der Waals surface area contributed by atoms with Gasteiger partial charge in [-0.15, -0.1) is 0 Å². The molecule has 0 saturated carbocycles. The second-order valence-electron chi connectivity index (χ2n) is 3.96. The van der Waals surface area contributed by atoms with Crippen molar-refractivity contribution in [1.29, 1.82) is 5.26 Å². The van der Waals surface area contributed by atoms with Gasteiger partial charge in [0.2, 0.25) is 0 Å². The first kappa shape index (κ1) is 12.2. The van der Waals surface area contributed by atoms with E-state index in [0.717, 1.165) is 9.17 Å². The van der Waals surface area contributed by atoms with E-state index in [-0.39, 0.29) is 5.56 Å². The number of nitrogens with zero attached hydrogens (tertiary/aromatic N) is 2. The Morgan fingerprint density at radius 1 is 1.21 bits per heavy atom. The van der Waals surface area contributed by atoms with Crippen LogP contribution in [0.25, 0.3) is 15.8 Å². The summed E-state index contributed by atoms with van der Waals surface area (Å²) in [6, 6.07) is 14.8. The predicted octanol–water partition coefficient (Wildman–Crippen LogP) is 3.69. The van der Waals surface area contributed by atoms with E-state index in [1.807, 2.05) is 18.2 Å². The number of fused-ring (bicyclic) bond motifs is 1. The largest absolute Gasteiger partial charge is 0.273 e. The minimum absolute atomic E-state index is 0.0878. The molecular weight excluding hydrogens is 324 g/mol. The maximum absolute atomic E-state index is 12.4. The molecule has 1 aromatic heterocycles. The highest BCUT2D eigenvalue weighted by molar-refractivity contribution is 9.10. The fourth-order valence-corrected chi connectivity index (χ4v) is 3.27. The van der Waals surface area contributed by atoms with E-state index in [2.05, 4.69) is 22.0 Å². The van der Waals surface area contributed by atoms with Gasteiger partial charge in [0.05, 0.1) is 21.3 Å². The Kier molecular flexibility index (Phi) is 2.97. The van der Waals surface area contributed by atoms with E-state index in [1.165, 1.54) is 11.5 Å². The van der Waals surface area contributed by atoms with Crippen molar-refractivity contribution >= 4 is 37.5 Å². The summed E-state index contributed by atoms with van der Waals surface area (Å²) >= 11 is 4.72. The minimum atomic E-state index is -0.0878. The number of nitriles is 1. The molecule has 0 N–H and O–H groups in total. The van der Waals surface area contributed by atoms with Crippen molar-refractivity contribution in [3.8, 4) is 11.8 Å². The molecule has 0 aliphatic rings. The van der Waals surface area contributed by atoms with Gasteiger partial charge in [0, 0.05) is 4.47 Å². The Morgan fingerprint density at radius 2 is 2.00 bits per heavy atom. The van der Waals surface area contributed by atoms with Crippen LogP contribution in [-0.2, 0) is 0 Å². The lowest BCUT2D eigenvalue weighted by Crippen LogP contribution is -2.11. The van der Waals surface area contributed by atoms with Gasteiger partial charge in [-0.2, -0.15) is 5.26 Å². The van der Waals surface area contributed by atoms with Crippen LogP contribution in [0.5, 0.6) is 0 Å². The van der Waals surface area contributed by atoms with Gasteiger partial charge in [0.15, 0.2) is 0 Å². The zero-order valence-electron chi connectivity index (χ0n) is 9.63. The number of aromatic nitrogens is 1. The molecule has 0 aliphatic carbocycles. The molecule has 0 aliphatic heterocycles. The Balaban J connectivity index is 2.37. The summed E-state index contributed by atoms with van der Waals surface area (Å²) in [7, 11) is 0. The van der Waals surface area contributed by atoms with Crippen LogP contribution >= 0.6 is 27.5 Å². The Labute approximate surface area is 121 Å². The Morgan fingerprint density at radius 3 is 2.74 bits per heavy atom. The summed E-state index contributed by atoms with van der Waals surface area (Å²) in [4.78, 5) is 12.4. The third kappa shape index (κ3) is 1.99. The number of hydrogen-bond donors (Lipinski definition) is 0. The maximum Gasteiger partial charge on any atom is 0.273 e. The van der Waals surface area contributed by atoms with Crippen LogP contribution in [-0.4, -0.2) is 3.96 Å². The van der Waals surface area contributed by atoms with E-state index in [1.54, 1.807) is 28.2 Å². The molecule has 0 fully saturated rings. The lowest BCUT2D eigenvalue weighted by atomic mass is 10.2. The maximum atomic E-state index is 12.4. The molecule has 0 spiro atoms. The average Bonchev–Trinajstić information content (AvgIpc) is 2.76. The van der Waals surface area contributed by atoms with Crippen LogP contribution in [0.2, 0.25) is 0 Å². The van der Waals surface area contributed by atoms with Crippen molar-refractivity contribution in [2.24, 2.45) is 0 Å². The quantitative estimate of drug-likeness (QED) is 0.683.